The summed E-state index contributed by atoms with van der Waals surface area (Å²) in [6.07, 6.45) is 0.933. The Morgan fingerprint density at radius 1 is 1.78 bits per heavy atom. The van der Waals surface area contributed by atoms with Crippen molar-refractivity contribution in [2.24, 2.45) is 4.99 Å². The van der Waals surface area contributed by atoms with E-state index < -0.39 is 11.3 Å². The van der Waals surface area contributed by atoms with Gasteiger partial charge in [-0.15, -0.1) is 0 Å². The summed E-state index contributed by atoms with van der Waals surface area (Å²) in [6.45, 7) is 0. The lowest BCUT2D eigenvalue weighted by Crippen LogP contribution is -2.23. The van der Waals surface area contributed by atoms with Crippen molar-refractivity contribution in [2.75, 3.05) is 0 Å². The molecular formula is C4H3ClF2N2. The standard InChI is InChI=1S/C4H3ClF2N2/c5-4(7)1-2-8-3(6)9-4/h1-2H,(H,8,9). The summed E-state index contributed by atoms with van der Waals surface area (Å²) >= 11 is 4.95. The first-order chi connectivity index (χ1) is 4.10. The molecule has 2 nitrogen and oxygen atoms in total. The molecule has 0 spiro atoms. The zero-order valence-corrected chi connectivity index (χ0v) is 4.99. The largest absolute Gasteiger partial charge is 0.323 e. The molecule has 0 radical (unpaired) electrons. The fraction of sp³-hybridized carbons (Fsp3) is 0.250. The molecule has 0 aromatic rings. The van der Waals surface area contributed by atoms with E-state index in [1.165, 1.54) is 0 Å². The van der Waals surface area contributed by atoms with Gasteiger partial charge >= 0.3 is 0 Å². The lowest BCUT2D eigenvalue weighted by atomic mass is 10.5. The number of nitrogens with zero attached hydrogens (tertiary/aromatic N) is 1. The van der Waals surface area contributed by atoms with Crippen LogP contribution in [-0.2, 0) is 0 Å². The van der Waals surface area contributed by atoms with Crippen LogP contribution in [0.4, 0.5) is 8.78 Å². The van der Waals surface area contributed by atoms with Crippen LogP contribution in [-0.4, -0.2) is 11.3 Å². The molecule has 0 aromatic heterocycles. The average Bonchev–Trinajstić information content (AvgIpc) is 1.60. The number of alkyl halides is 2. The number of aliphatic imine (C=N–C) groups is 1. The van der Waals surface area contributed by atoms with E-state index in [0.29, 0.717) is 0 Å². The van der Waals surface area contributed by atoms with Crippen molar-refractivity contribution in [1.29, 1.82) is 0 Å². The van der Waals surface area contributed by atoms with Gasteiger partial charge in [-0.2, -0.15) is 13.8 Å². The Bertz CT molecular complexity index is 175. The number of hydrogen-bond donors (Lipinski definition) is 1. The SMILES string of the molecule is FC1=NC(F)(Cl)C=CN1. The van der Waals surface area contributed by atoms with E-state index in [4.69, 9.17) is 11.6 Å². The molecule has 1 aliphatic heterocycles. The molecule has 1 N–H and O–H groups in total. The van der Waals surface area contributed by atoms with Gasteiger partial charge in [0.2, 0.25) is 0 Å². The molecule has 0 aromatic carbocycles. The molecule has 0 saturated heterocycles. The van der Waals surface area contributed by atoms with Gasteiger partial charge in [0, 0.05) is 12.3 Å². The lowest BCUT2D eigenvalue weighted by molar-refractivity contribution is 0.351. The molecule has 1 unspecified atom stereocenters. The van der Waals surface area contributed by atoms with Gasteiger partial charge in [0.1, 0.15) is 0 Å². The highest BCUT2D eigenvalue weighted by molar-refractivity contribution is 6.24. The van der Waals surface area contributed by atoms with Gasteiger partial charge in [0.05, 0.1) is 0 Å². The summed E-state index contributed by atoms with van der Waals surface area (Å²) in [7, 11) is 0. The maximum Gasteiger partial charge on any atom is 0.300 e. The molecule has 0 amide bonds. The molecule has 1 rings (SSSR count). The van der Waals surface area contributed by atoms with Crippen LogP contribution < -0.4 is 5.32 Å². The lowest BCUT2D eigenvalue weighted by Gasteiger charge is -2.10. The van der Waals surface area contributed by atoms with Crippen molar-refractivity contribution in [1.82, 2.24) is 5.32 Å². The summed E-state index contributed by atoms with van der Waals surface area (Å²) in [5.74, 6) is 0. The summed E-state index contributed by atoms with van der Waals surface area (Å²) in [5.41, 5.74) is 0. The van der Waals surface area contributed by atoms with Gasteiger partial charge in [-0.25, -0.2) is 0 Å². The summed E-state index contributed by atoms with van der Waals surface area (Å²) < 4.78 is 24.3. The Kier molecular flexibility index (Phi) is 1.40. The monoisotopic (exact) mass is 152 g/mol. The molecule has 1 atom stereocenters. The van der Waals surface area contributed by atoms with Crippen LogP contribution in [0.1, 0.15) is 0 Å². The molecule has 9 heavy (non-hydrogen) atoms. The minimum atomic E-state index is -2.41. The Balaban J connectivity index is 2.78. The molecular weight excluding hydrogens is 150 g/mol. The van der Waals surface area contributed by atoms with Gasteiger partial charge < -0.3 is 5.32 Å². The number of rotatable bonds is 0. The van der Waals surface area contributed by atoms with Gasteiger partial charge in [-0.3, -0.25) is 0 Å². The normalized spacial score (nSPS) is 33.4. The molecule has 0 bridgehead atoms. The summed E-state index contributed by atoms with van der Waals surface area (Å²) in [4.78, 5) is 2.77. The number of nitrogens with one attached hydrogen (secondary N) is 1. The molecule has 0 saturated carbocycles. The summed E-state index contributed by atoms with van der Waals surface area (Å²) in [5, 5.41) is -0.392. The predicted molar refractivity (Wildman–Crippen MR) is 30.5 cm³/mol. The van der Waals surface area contributed by atoms with E-state index in [1.54, 1.807) is 0 Å². The maximum absolute atomic E-state index is 12.3. The van der Waals surface area contributed by atoms with Crippen molar-refractivity contribution in [3.8, 4) is 0 Å². The highest BCUT2D eigenvalue weighted by atomic mass is 35.5. The topological polar surface area (TPSA) is 24.4 Å². The zero-order valence-electron chi connectivity index (χ0n) is 4.24. The van der Waals surface area contributed by atoms with Gasteiger partial charge in [-0.05, 0) is 0 Å². The van der Waals surface area contributed by atoms with E-state index in [0.717, 1.165) is 12.3 Å². The third-order valence-electron chi connectivity index (χ3n) is 0.734. The second kappa shape index (κ2) is 1.95. The number of hydrogen-bond acceptors (Lipinski definition) is 2. The third-order valence-corrected chi connectivity index (χ3v) is 0.944. The van der Waals surface area contributed by atoms with E-state index in [9.17, 15) is 8.78 Å². The summed E-state index contributed by atoms with van der Waals surface area (Å²) in [6, 6.07) is 0. The fourth-order valence-electron chi connectivity index (χ4n) is 0.411. The van der Waals surface area contributed by atoms with Crippen molar-refractivity contribution in [2.45, 2.75) is 5.25 Å². The quantitative estimate of drug-likeness (QED) is 0.411. The first-order valence-electron chi connectivity index (χ1n) is 2.17. The van der Waals surface area contributed by atoms with Gasteiger partial charge in [0.15, 0.2) is 0 Å². The van der Waals surface area contributed by atoms with Crippen molar-refractivity contribution >= 4 is 17.7 Å². The minimum absolute atomic E-state index is 0.900. The average molecular weight is 153 g/mol. The molecule has 0 aliphatic carbocycles. The first-order valence-corrected chi connectivity index (χ1v) is 2.55. The number of amidine groups is 1. The molecule has 1 aliphatic rings. The molecule has 1 heterocycles. The predicted octanol–water partition coefficient (Wildman–Crippen LogP) is 1.29. The molecule has 5 heteroatoms. The van der Waals surface area contributed by atoms with E-state index >= 15 is 0 Å². The van der Waals surface area contributed by atoms with Crippen LogP contribution >= 0.6 is 11.6 Å². The second-order valence-electron chi connectivity index (χ2n) is 1.47. The van der Waals surface area contributed by atoms with Gasteiger partial charge in [-0.1, -0.05) is 11.6 Å². The highest BCUT2D eigenvalue weighted by Crippen LogP contribution is 2.22. The Morgan fingerprint density at radius 2 is 2.44 bits per heavy atom. The van der Waals surface area contributed by atoms with Crippen LogP contribution in [0, 0.1) is 0 Å². The van der Waals surface area contributed by atoms with Crippen molar-refractivity contribution in [3.05, 3.63) is 12.3 Å². The maximum atomic E-state index is 12.3. The third kappa shape index (κ3) is 1.64. The Hall–Kier alpha value is -0.640. The minimum Gasteiger partial charge on any atom is -0.323 e. The Morgan fingerprint density at radius 3 is 2.78 bits per heavy atom. The Labute approximate surface area is 55.2 Å². The number of halogens is 3. The van der Waals surface area contributed by atoms with E-state index in [1.807, 2.05) is 5.32 Å². The van der Waals surface area contributed by atoms with E-state index in [2.05, 4.69) is 4.99 Å². The molecule has 0 fully saturated rings. The van der Waals surface area contributed by atoms with Crippen LogP contribution in [0.2, 0.25) is 0 Å². The van der Waals surface area contributed by atoms with Crippen molar-refractivity contribution < 1.29 is 8.78 Å². The van der Waals surface area contributed by atoms with Crippen molar-refractivity contribution in [3.63, 3.8) is 0 Å². The van der Waals surface area contributed by atoms with Crippen LogP contribution in [0.25, 0.3) is 0 Å². The smallest absolute Gasteiger partial charge is 0.300 e. The second-order valence-corrected chi connectivity index (χ2v) is 2.00. The highest BCUT2D eigenvalue weighted by Gasteiger charge is 2.24. The fourth-order valence-corrected chi connectivity index (χ4v) is 0.548. The van der Waals surface area contributed by atoms with Crippen LogP contribution in [0.5, 0.6) is 0 Å². The van der Waals surface area contributed by atoms with Crippen LogP contribution in [0.3, 0.4) is 0 Å². The molecule has 50 valence electrons. The van der Waals surface area contributed by atoms with E-state index in [-0.39, 0.29) is 0 Å². The first kappa shape index (κ1) is 6.48. The van der Waals surface area contributed by atoms with Gasteiger partial charge in [0.25, 0.3) is 11.3 Å². The zero-order chi connectivity index (χ0) is 6.91. The van der Waals surface area contributed by atoms with Crippen LogP contribution in [0.15, 0.2) is 17.3 Å².